The van der Waals surface area contributed by atoms with Crippen molar-refractivity contribution in [2.75, 3.05) is 53.0 Å². The number of guanidine groups is 1. The van der Waals surface area contributed by atoms with E-state index in [9.17, 15) is 4.79 Å². The first-order valence-corrected chi connectivity index (χ1v) is 7.91. The van der Waals surface area contributed by atoms with Crippen LogP contribution < -0.4 is 10.6 Å². The second kappa shape index (κ2) is 11.9. The Morgan fingerprint density at radius 2 is 1.96 bits per heavy atom. The molecule has 0 radical (unpaired) electrons. The molecule has 0 unspecified atom stereocenters. The summed E-state index contributed by atoms with van der Waals surface area (Å²) in [6.07, 6.45) is 0.327. The predicted octanol–water partition coefficient (Wildman–Crippen LogP) is 0.833. The molecule has 1 fully saturated rings. The molecule has 8 heteroatoms. The molecule has 0 spiro atoms. The number of hydrogen-bond acceptors (Lipinski definition) is 5. The fraction of sp³-hybridized carbons (Fsp3) is 0.867. The third-order valence-electron chi connectivity index (χ3n) is 3.68. The zero-order chi connectivity index (χ0) is 16.4. The van der Waals surface area contributed by atoms with E-state index in [-0.39, 0.29) is 35.5 Å². The summed E-state index contributed by atoms with van der Waals surface area (Å²) < 4.78 is 10.0. The van der Waals surface area contributed by atoms with Crippen LogP contribution in [0.15, 0.2) is 4.99 Å². The van der Waals surface area contributed by atoms with Gasteiger partial charge in [-0.2, -0.15) is 0 Å². The van der Waals surface area contributed by atoms with Crippen molar-refractivity contribution in [2.24, 2.45) is 4.99 Å². The molecule has 1 saturated heterocycles. The third kappa shape index (κ3) is 8.71. The highest BCUT2D eigenvalue weighted by atomic mass is 127. The number of nitrogens with one attached hydrogen (secondary N) is 2. The molecule has 23 heavy (non-hydrogen) atoms. The molecule has 0 aromatic heterocycles. The summed E-state index contributed by atoms with van der Waals surface area (Å²) in [5.41, 5.74) is -0.0194. The van der Waals surface area contributed by atoms with Gasteiger partial charge in [-0.05, 0) is 20.8 Å². The van der Waals surface area contributed by atoms with Crippen LogP contribution in [0.3, 0.4) is 0 Å². The Balaban J connectivity index is 0.00000484. The summed E-state index contributed by atoms with van der Waals surface area (Å²) in [5, 5.41) is 6.35. The van der Waals surface area contributed by atoms with E-state index >= 15 is 0 Å². The van der Waals surface area contributed by atoms with Gasteiger partial charge in [0, 0.05) is 31.7 Å². The molecular weight excluding hydrogens is 411 g/mol. The van der Waals surface area contributed by atoms with Crippen molar-refractivity contribution in [3.05, 3.63) is 0 Å². The van der Waals surface area contributed by atoms with Gasteiger partial charge in [-0.1, -0.05) is 0 Å². The fourth-order valence-corrected chi connectivity index (χ4v) is 2.27. The quantitative estimate of drug-likeness (QED) is 0.264. The second-order valence-corrected chi connectivity index (χ2v) is 5.86. The van der Waals surface area contributed by atoms with Gasteiger partial charge in [0.15, 0.2) is 5.96 Å². The van der Waals surface area contributed by atoms with Crippen molar-refractivity contribution in [2.45, 2.75) is 32.7 Å². The molecule has 0 aromatic carbocycles. The van der Waals surface area contributed by atoms with E-state index in [1.54, 1.807) is 0 Å². The van der Waals surface area contributed by atoms with E-state index in [1.807, 2.05) is 6.92 Å². The highest BCUT2D eigenvalue weighted by Gasteiger charge is 2.28. The highest BCUT2D eigenvalue weighted by Crippen LogP contribution is 2.16. The average Bonchev–Trinajstić information content (AvgIpc) is 2.53. The van der Waals surface area contributed by atoms with Gasteiger partial charge >= 0.3 is 5.97 Å². The monoisotopic (exact) mass is 442 g/mol. The van der Waals surface area contributed by atoms with Gasteiger partial charge in [-0.25, -0.2) is 0 Å². The summed E-state index contributed by atoms with van der Waals surface area (Å²) in [5.74, 6) is 0.504. The zero-order valence-corrected chi connectivity index (χ0v) is 17.0. The molecule has 1 rings (SSSR count). The van der Waals surface area contributed by atoms with Crippen LogP contribution in [0.25, 0.3) is 0 Å². The first kappa shape index (κ1) is 22.4. The Bertz CT molecular complexity index is 372. The van der Waals surface area contributed by atoms with Crippen LogP contribution in [-0.4, -0.2) is 75.4 Å². The van der Waals surface area contributed by atoms with Crippen LogP contribution >= 0.6 is 24.0 Å². The first-order chi connectivity index (χ1) is 10.5. The number of morpholine rings is 1. The van der Waals surface area contributed by atoms with E-state index in [2.05, 4.69) is 39.1 Å². The molecule has 2 N–H and O–H groups in total. The largest absolute Gasteiger partial charge is 0.469 e. The van der Waals surface area contributed by atoms with Crippen molar-refractivity contribution < 1.29 is 14.3 Å². The Morgan fingerprint density at radius 3 is 2.52 bits per heavy atom. The molecule has 1 heterocycles. The van der Waals surface area contributed by atoms with Gasteiger partial charge in [-0.3, -0.25) is 14.7 Å². The highest BCUT2D eigenvalue weighted by molar-refractivity contribution is 14.0. The minimum Gasteiger partial charge on any atom is -0.469 e. The Hall–Kier alpha value is -0.610. The van der Waals surface area contributed by atoms with Crippen LogP contribution in [0.1, 0.15) is 27.2 Å². The Morgan fingerprint density at radius 1 is 1.30 bits per heavy atom. The van der Waals surface area contributed by atoms with Crippen molar-refractivity contribution in [1.29, 1.82) is 0 Å². The summed E-state index contributed by atoms with van der Waals surface area (Å²) in [6, 6.07) is 0. The van der Waals surface area contributed by atoms with E-state index in [1.165, 1.54) is 7.11 Å². The van der Waals surface area contributed by atoms with E-state index < -0.39 is 0 Å². The molecular formula is C15H31IN4O3. The standard InChI is InChI=1S/C15H30N4O3.HI/c1-5-16-14(17-7-6-13(20)21-4)18-12-15(2,3)19-8-10-22-11-9-19;/h5-12H2,1-4H3,(H2,16,17,18);1H. The topological polar surface area (TPSA) is 75.2 Å². The summed E-state index contributed by atoms with van der Waals surface area (Å²) >= 11 is 0. The molecule has 0 aliphatic carbocycles. The molecule has 0 bridgehead atoms. The van der Waals surface area contributed by atoms with Gasteiger partial charge in [0.05, 0.1) is 33.3 Å². The van der Waals surface area contributed by atoms with Crippen molar-refractivity contribution in [1.82, 2.24) is 15.5 Å². The number of hydrogen-bond donors (Lipinski definition) is 2. The third-order valence-corrected chi connectivity index (χ3v) is 3.68. The van der Waals surface area contributed by atoms with Gasteiger partial charge in [0.1, 0.15) is 0 Å². The van der Waals surface area contributed by atoms with Crippen LogP contribution in [0, 0.1) is 0 Å². The molecule has 0 aromatic rings. The maximum Gasteiger partial charge on any atom is 0.307 e. The minimum atomic E-state index is -0.225. The second-order valence-electron chi connectivity index (χ2n) is 5.86. The van der Waals surface area contributed by atoms with E-state index in [4.69, 9.17) is 4.74 Å². The zero-order valence-electron chi connectivity index (χ0n) is 14.7. The molecule has 0 amide bonds. The van der Waals surface area contributed by atoms with Gasteiger partial charge < -0.3 is 20.1 Å². The number of carbonyl (C=O) groups is 1. The lowest BCUT2D eigenvalue weighted by Gasteiger charge is -2.39. The number of esters is 1. The number of nitrogens with zero attached hydrogens (tertiary/aromatic N) is 2. The van der Waals surface area contributed by atoms with E-state index in [0.717, 1.165) is 38.8 Å². The summed E-state index contributed by atoms with van der Waals surface area (Å²) in [6.45, 7) is 11.8. The van der Waals surface area contributed by atoms with Gasteiger partial charge in [0.25, 0.3) is 0 Å². The minimum absolute atomic E-state index is 0. The number of rotatable bonds is 7. The predicted molar refractivity (Wildman–Crippen MR) is 103 cm³/mol. The van der Waals surface area contributed by atoms with Crippen LogP contribution in [-0.2, 0) is 14.3 Å². The Kier molecular flexibility index (Phi) is 11.5. The van der Waals surface area contributed by atoms with Crippen molar-refractivity contribution in [3.8, 4) is 0 Å². The molecule has 1 aliphatic heterocycles. The maximum atomic E-state index is 11.1. The summed E-state index contributed by atoms with van der Waals surface area (Å²) in [4.78, 5) is 18.2. The number of aliphatic imine (C=N–C) groups is 1. The SMILES string of the molecule is CCNC(=NCC(C)(C)N1CCOCC1)NCCC(=O)OC.I. The molecule has 0 saturated carbocycles. The van der Waals surface area contributed by atoms with Crippen LogP contribution in [0.2, 0.25) is 0 Å². The average molecular weight is 442 g/mol. The van der Waals surface area contributed by atoms with Crippen LogP contribution in [0.5, 0.6) is 0 Å². The van der Waals surface area contributed by atoms with Crippen molar-refractivity contribution >= 4 is 35.9 Å². The normalized spacial score (nSPS) is 16.4. The lowest BCUT2D eigenvalue weighted by atomic mass is 10.0. The summed E-state index contributed by atoms with van der Waals surface area (Å²) in [7, 11) is 1.40. The molecule has 1 aliphatic rings. The Labute approximate surface area is 156 Å². The fourth-order valence-electron chi connectivity index (χ4n) is 2.27. The van der Waals surface area contributed by atoms with Crippen molar-refractivity contribution in [3.63, 3.8) is 0 Å². The number of carbonyl (C=O) groups excluding carboxylic acids is 1. The number of ether oxygens (including phenoxy) is 2. The lowest BCUT2D eigenvalue weighted by Crippen LogP contribution is -2.52. The first-order valence-electron chi connectivity index (χ1n) is 7.91. The number of halogens is 1. The molecule has 7 nitrogen and oxygen atoms in total. The molecule has 136 valence electrons. The van der Waals surface area contributed by atoms with E-state index in [0.29, 0.717) is 19.5 Å². The molecule has 0 atom stereocenters. The smallest absolute Gasteiger partial charge is 0.307 e. The number of methoxy groups -OCH3 is 1. The lowest BCUT2D eigenvalue weighted by molar-refractivity contribution is -0.140. The van der Waals surface area contributed by atoms with Gasteiger partial charge in [0.2, 0.25) is 0 Å². The van der Waals surface area contributed by atoms with Gasteiger partial charge in [-0.15, -0.1) is 24.0 Å². The maximum absolute atomic E-state index is 11.1. The van der Waals surface area contributed by atoms with Crippen LogP contribution in [0.4, 0.5) is 0 Å².